The third kappa shape index (κ3) is 3.18. The normalized spacial score (nSPS) is 21.7. The van der Waals surface area contributed by atoms with Crippen LogP contribution in [0, 0.1) is 18.8 Å². The SMILES string of the molecule is CCOC(=O)c1cc(C)nn1CC1C=CC(C)=CC1C. The molecule has 1 aromatic rings. The topological polar surface area (TPSA) is 44.1 Å². The molecule has 1 aromatic heterocycles. The van der Waals surface area contributed by atoms with Gasteiger partial charge in [-0.05, 0) is 32.8 Å². The van der Waals surface area contributed by atoms with Crippen LogP contribution in [0.5, 0.6) is 0 Å². The van der Waals surface area contributed by atoms with E-state index in [0.29, 0.717) is 30.7 Å². The highest BCUT2D eigenvalue weighted by atomic mass is 16.5. The Morgan fingerprint density at radius 3 is 2.85 bits per heavy atom. The lowest BCUT2D eigenvalue weighted by Gasteiger charge is -2.22. The largest absolute Gasteiger partial charge is 0.461 e. The summed E-state index contributed by atoms with van der Waals surface area (Å²) < 4.78 is 6.86. The fraction of sp³-hybridized carbons (Fsp3) is 0.500. The number of aryl methyl sites for hydroxylation is 1. The zero-order valence-corrected chi connectivity index (χ0v) is 12.6. The van der Waals surface area contributed by atoms with Gasteiger partial charge in [0.05, 0.1) is 12.3 Å². The van der Waals surface area contributed by atoms with E-state index >= 15 is 0 Å². The third-order valence-electron chi connectivity index (χ3n) is 3.58. The molecule has 0 bridgehead atoms. The average molecular weight is 274 g/mol. The van der Waals surface area contributed by atoms with E-state index in [-0.39, 0.29) is 5.97 Å². The number of rotatable bonds is 4. The van der Waals surface area contributed by atoms with Crippen LogP contribution in [0.4, 0.5) is 0 Å². The smallest absolute Gasteiger partial charge is 0.356 e. The number of carbonyl (C=O) groups is 1. The van der Waals surface area contributed by atoms with Gasteiger partial charge in [-0.3, -0.25) is 4.68 Å². The van der Waals surface area contributed by atoms with Crippen molar-refractivity contribution in [2.45, 2.75) is 34.2 Å². The van der Waals surface area contributed by atoms with Crippen molar-refractivity contribution >= 4 is 5.97 Å². The second-order valence-electron chi connectivity index (χ2n) is 5.37. The predicted molar refractivity (Wildman–Crippen MR) is 78.5 cm³/mol. The first-order valence-electron chi connectivity index (χ1n) is 7.09. The number of ether oxygens (including phenoxy) is 1. The van der Waals surface area contributed by atoms with Gasteiger partial charge in [0.25, 0.3) is 0 Å². The van der Waals surface area contributed by atoms with Gasteiger partial charge in [0.1, 0.15) is 5.69 Å². The van der Waals surface area contributed by atoms with Gasteiger partial charge in [0, 0.05) is 12.5 Å². The summed E-state index contributed by atoms with van der Waals surface area (Å²) in [5.41, 5.74) is 2.67. The first-order valence-corrected chi connectivity index (χ1v) is 7.09. The lowest BCUT2D eigenvalue weighted by molar-refractivity contribution is 0.0510. The number of carbonyl (C=O) groups excluding carboxylic acids is 1. The summed E-state index contributed by atoms with van der Waals surface area (Å²) in [7, 11) is 0. The zero-order chi connectivity index (χ0) is 14.7. The van der Waals surface area contributed by atoms with E-state index in [1.54, 1.807) is 10.7 Å². The molecule has 0 radical (unpaired) electrons. The zero-order valence-electron chi connectivity index (χ0n) is 12.6. The van der Waals surface area contributed by atoms with Crippen molar-refractivity contribution in [3.8, 4) is 0 Å². The molecule has 2 atom stereocenters. The van der Waals surface area contributed by atoms with Gasteiger partial charge in [0.15, 0.2) is 0 Å². The molecule has 1 aliphatic carbocycles. The maximum atomic E-state index is 11.9. The number of aromatic nitrogens is 2. The maximum Gasteiger partial charge on any atom is 0.356 e. The minimum Gasteiger partial charge on any atom is -0.461 e. The van der Waals surface area contributed by atoms with Gasteiger partial charge < -0.3 is 4.74 Å². The van der Waals surface area contributed by atoms with Crippen molar-refractivity contribution in [3.63, 3.8) is 0 Å². The maximum absolute atomic E-state index is 11.9. The second-order valence-corrected chi connectivity index (χ2v) is 5.37. The molecule has 0 N–H and O–H groups in total. The highest BCUT2D eigenvalue weighted by Crippen LogP contribution is 2.24. The minimum absolute atomic E-state index is 0.299. The monoisotopic (exact) mass is 274 g/mol. The number of nitrogens with zero attached hydrogens (tertiary/aromatic N) is 2. The highest BCUT2D eigenvalue weighted by molar-refractivity contribution is 5.87. The van der Waals surface area contributed by atoms with Crippen LogP contribution < -0.4 is 0 Å². The molecule has 0 amide bonds. The number of hydrogen-bond donors (Lipinski definition) is 0. The third-order valence-corrected chi connectivity index (χ3v) is 3.58. The van der Waals surface area contributed by atoms with Crippen LogP contribution in [0.15, 0.2) is 29.9 Å². The quantitative estimate of drug-likeness (QED) is 0.792. The summed E-state index contributed by atoms with van der Waals surface area (Å²) in [5, 5.41) is 4.42. The van der Waals surface area contributed by atoms with E-state index in [0.717, 1.165) is 5.69 Å². The molecule has 0 saturated heterocycles. The minimum atomic E-state index is -0.299. The summed E-state index contributed by atoms with van der Waals surface area (Å²) in [6, 6.07) is 1.79. The summed E-state index contributed by atoms with van der Waals surface area (Å²) in [5.74, 6) is 0.498. The highest BCUT2D eigenvalue weighted by Gasteiger charge is 2.21. The van der Waals surface area contributed by atoms with Gasteiger partial charge in [-0.1, -0.05) is 30.7 Å². The first kappa shape index (κ1) is 14.6. The first-order chi connectivity index (χ1) is 9.51. The fourth-order valence-electron chi connectivity index (χ4n) is 2.53. The Labute approximate surface area is 120 Å². The number of allylic oxidation sites excluding steroid dienone is 4. The number of hydrogen-bond acceptors (Lipinski definition) is 3. The van der Waals surface area contributed by atoms with Gasteiger partial charge in [-0.2, -0.15) is 5.10 Å². The van der Waals surface area contributed by atoms with Crippen LogP contribution in [-0.2, 0) is 11.3 Å². The molecule has 2 unspecified atom stereocenters. The lowest BCUT2D eigenvalue weighted by atomic mass is 9.87. The van der Waals surface area contributed by atoms with E-state index < -0.39 is 0 Å². The Bertz CT molecular complexity index is 555. The summed E-state index contributed by atoms with van der Waals surface area (Å²) in [6.45, 7) is 9.08. The summed E-state index contributed by atoms with van der Waals surface area (Å²) in [4.78, 5) is 11.9. The molecule has 0 spiro atoms. The van der Waals surface area contributed by atoms with Gasteiger partial charge in [-0.15, -0.1) is 0 Å². The second kappa shape index (κ2) is 6.07. The molecule has 4 nitrogen and oxygen atoms in total. The molecular formula is C16H22N2O2. The standard InChI is InChI=1S/C16H22N2O2/c1-5-20-16(19)15-9-13(4)17-18(15)10-14-7-6-11(2)8-12(14)3/h6-9,12,14H,5,10H2,1-4H3. The van der Waals surface area contributed by atoms with Crippen LogP contribution in [0.3, 0.4) is 0 Å². The van der Waals surface area contributed by atoms with E-state index in [2.05, 4.69) is 37.2 Å². The summed E-state index contributed by atoms with van der Waals surface area (Å²) in [6.07, 6.45) is 6.59. The van der Waals surface area contributed by atoms with Crippen molar-refractivity contribution in [3.05, 3.63) is 41.3 Å². The molecule has 0 aliphatic heterocycles. The molecular weight excluding hydrogens is 252 g/mol. The van der Waals surface area contributed by atoms with Crippen LogP contribution in [-0.4, -0.2) is 22.4 Å². The van der Waals surface area contributed by atoms with E-state index in [1.165, 1.54) is 5.57 Å². The predicted octanol–water partition coefficient (Wildman–Crippen LogP) is 3.14. The summed E-state index contributed by atoms with van der Waals surface area (Å²) >= 11 is 0. The molecule has 0 fully saturated rings. The molecule has 0 aromatic carbocycles. The lowest BCUT2D eigenvalue weighted by Crippen LogP contribution is -2.21. The van der Waals surface area contributed by atoms with Crippen LogP contribution >= 0.6 is 0 Å². The molecule has 1 heterocycles. The van der Waals surface area contributed by atoms with Crippen LogP contribution in [0.2, 0.25) is 0 Å². The molecule has 1 aliphatic rings. The Hall–Kier alpha value is -1.84. The van der Waals surface area contributed by atoms with Crippen LogP contribution in [0.25, 0.3) is 0 Å². The van der Waals surface area contributed by atoms with Crippen LogP contribution in [0.1, 0.15) is 37.0 Å². The average Bonchev–Trinajstić information content (AvgIpc) is 2.74. The van der Waals surface area contributed by atoms with Crippen molar-refractivity contribution < 1.29 is 9.53 Å². The van der Waals surface area contributed by atoms with E-state index in [4.69, 9.17) is 4.74 Å². The van der Waals surface area contributed by atoms with E-state index in [1.807, 2.05) is 13.8 Å². The van der Waals surface area contributed by atoms with Gasteiger partial charge in [-0.25, -0.2) is 4.79 Å². The molecule has 4 heteroatoms. The van der Waals surface area contributed by atoms with Gasteiger partial charge in [0.2, 0.25) is 0 Å². The number of esters is 1. The Morgan fingerprint density at radius 1 is 1.45 bits per heavy atom. The van der Waals surface area contributed by atoms with E-state index in [9.17, 15) is 4.79 Å². The molecule has 108 valence electrons. The molecule has 20 heavy (non-hydrogen) atoms. The van der Waals surface area contributed by atoms with Crippen molar-refractivity contribution in [1.82, 2.24) is 9.78 Å². The Kier molecular flexibility index (Phi) is 4.42. The Morgan fingerprint density at radius 2 is 2.20 bits per heavy atom. The fourth-order valence-corrected chi connectivity index (χ4v) is 2.53. The Balaban J connectivity index is 2.18. The van der Waals surface area contributed by atoms with Crippen molar-refractivity contribution in [2.24, 2.45) is 11.8 Å². The molecule has 0 saturated carbocycles. The van der Waals surface area contributed by atoms with Crippen molar-refractivity contribution in [1.29, 1.82) is 0 Å². The van der Waals surface area contributed by atoms with Gasteiger partial charge >= 0.3 is 5.97 Å². The van der Waals surface area contributed by atoms with Crippen molar-refractivity contribution in [2.75, 3.05) is 6.61 Å². The molecule has 2 rings (SSSR count).